The van der Waals surface area contributed by atoms with Gasteiger partial charge in [0.15, 0.2) is 13.9 Å². The predicted octanol–water partition coefficient (Wildman–Crippen LogP) is 5.28. The van der Waals surface area contributed by atoms with Crippen LogP contribution in [0.2, 0.25) is 18.1 Å². The van der Waals surface area contributed by atoms with Crippen LogP contribution in [0.1, 0.15) is 67.0 Å². The number of cyclic esters (lactones) is 1. The first-order chi connectivity index (χ1) is 14.0. The molecule has 1 aliphatic heterocycles. The quantitative estimate of drug-likeness (QED) is 0.598. The zero-order valence-corrected chi connectivity index (χ0v) is 21.6. The number of nitrogens with zero attached hydrogens (tertiary/aromatic N) is 1. The highest BCUT2D eigenvalue weighted by atomic mass is 28.4. The summed E-state index contributed by atoms with van der Waals surface area (Å²) in [6, 6.07) is 8.73. The number of imide groups is 1. The normalized spacial score (nSPS) is 22.3. The number of carbonyl (C=O) groups excluding carboxylic acids is 2. The van der Waals surface area contributed by atoms with E-state index in [0.29, 0.717) is 0 Å². The van der Waals surface area contributed by atoms with Crippen LogP contribution in [0.25, 0.3) is 0 Å². The summed E-state index contributed by atoms with van der Waals surface area (Å²) in [5.74, 6) is -0.816. The van der Waals surface area contributed by atoms with Gasteiger partial charge in [0.05, 0.1) is 6.10 Å². The van der Waals surface area contributed by atoms with Crippen molar-refractivity contribution in [2.75, 3.05) is 0 Å². The number of aliphatic hydroxyl groups excluding tert-OH is 1. The third-order valence-corrected chi connectivity index (χ3v) is 11.2. The van der Waals surface area contributed by atoms with Crippen LogP contribution in [0.3, 0.4) is 0 Å². The monoisotopic (exact) mass is 449 g/mol. The molecule has 2 amide bonds. The second-order valence-electron chi connectivity index (χ2n) is 11.1. The van der Waals surface area contributed by atoms with Crippen molar-refractivity contribution in [3.63, 3.8) is 0 Å². The molecule has 1 saturated heterocycles. The average Bonchev–Trinajstić information content (AvgIpc) is 2.87. The Morgan fingerprint density at radius 3 is 2.13 bits per heavy atom. The maximum atomic E-state index is 14.1. The minimum atomic E-state index is -2.48. The van der Waals surface area contributed by atoms with E-state index in [0.717, 1.165) is 10.5 Å². The second kappa shape index (κ2) is 8.33. The van der Waals surface area contributed by atoms with Gasteiger partial charge in [-0.3, -0.25) is 4.79 Å². The van der Waals surface area contributed by atoms with Crippen molar-refractivity contribution < 1.29 is 23.9 Å². The van der Waals surface area contributed by atoms with Gasteiger partial charge in [-0.05, 0) is 50.4 Å². The number of carbonyl (C=O) groups is 2. The minimum absolute atomic E-state index is 0.186. The molecule has 1 fully saturated rings. The topological polar surface area (TPSA) is 76.1 Å². The molecule has 1 aliphatic rings. The first-order valence-corrected chi connectivity index (χ1v) is 13.9. The van der Waals surface area contributed by atoms with Crippen LogP contribution in [0.15, 0.2) is 30.3 Å². The van der Waals surface area contributed by atoms with Crippen LogP contribution >= 0.6 is 0 Å². The fraction of sp³-hybridized carbons (Fsp3) is 0.667. The Kier molecular flexibility index (Phi) is 6.87. The summed E-state index contributed by atoms with van der Waals surface area (Å²) >= 11 is 0. The average molecular weight is 450 g/mol. The summed E-state index contributed by atoms with van der Waals surface area (Å²) in [6.45, 7) is 19.2. The zero-order chi connectivity index (χ0) is 24.0. The van der Waals surface area contributed by atoms with Gasteiger partial charge in [-0.15, -0.1) is 0 Å². The molecule has 1 aromatic rings. The van der Waals surface area contributed by atoms with Crippen molar-refractivity contribution in [3.05, 3.63) is 35.9 Å². The smallest absolute Gasteiger partial charge is 0.417 e. The number of benzene rings is 1. The first-order valence-electron chi connectivity index (χ1n) is 11.0. The third kappa shape index (κ3) is 4.73. The molecule has 0 spiro atoms. The summed E-state index contributed by atoms with van der Waals surface area (Å²) < 4.78 is 12.2. The van der Waals surface area contributed by atoms with E-state index < -0.39 is 43.7 Å². The minimum Gasteiger partial charge on any atom is -0.440 e. The maximum Gasteiger partial charge on any atom is 0.417 e. The number of rotatable bonds is 6. The Hall–Kier alpha value is -1.70. The molecule has 174 valence electrons. The molecule has 6 nitrogen and oxygen atoms in total. The van der Waals surface area contributed by atoms with E-state index in [-0.39, 0.29) is 11.0 Å². The SMILES string of the molecule is CC(C)[C@H](O)[C@@](C)(O[Si](C)(C)C(C)(C)C)C(=O)N1C(=O)OC(C)(C)[C@H]1c1ccccc1. The highest BCUT2D eigenvalue weighted by Crippen LogP contribution is 2.45. The number of hydrogen-bond acceptors (Lipinski definition) is 5. The van der Waals surface area contributed by atoms with Crippen LogP contribution in [0.4, 0.5) is 4.79 Å². The van der Waals surface area contributed by atoms with Crippen LogP contribution < -0.4 is 0 Å². The van der Waals surface area contributed by atoms with Gasteiger partial charge in [-0.2, -0.15) is 0 Å². The summed E-state index contributed by atoms with van der Waals surface area (Å²) in [6.07, 6.45) is -1.81. The third-order valence-electron chi connectivity index (χ3n) is 6.69. The number of hydrogen-bond donors (Lipinski definition) is 1. The molecule has 0 bridgehead atoms. The van der Waals surface area contributed by atoms with Gasteiger partial charge >= 0.3 is 6.09 Å². The van der Waals surface area contributed by atoms with Crippen molar-refractivity contribution in [2.45, 2.75) is 96.9 Å². The molecule has 31 heavy (non-hydrogen) atoms. The highest BCUT2D eigenvalue weighted by Gasteiger charge is 2.59. The molecular formula is C24H39NO5Si. The van der Waals surface area contributed by atoms with E-state index >= 15 is 0 Å². The largest absolute Gasteiger partial charge is 0.440 e. The molecular weight excluding hydrogens is 410 g/mol. The molecule has 7 heteroatoms. The molecule has 0 aliphatic carbocycles. The molecule has 0 saturated carbocycles. The fourth-order valence-corrected chi connectivity index (χ4v) is 5.50. The fourth-order valence-electron chi connectivity index (χ4n) is 3.92. The summed E-state index contributed by atoms with van der Waals surface area (Å²) in [7, 11) is -2.48. The highest BCUT2D eigenvalue weighted by molar-refractivity contribution is 6.74. The van der Waals surface area contributed by atoms with E-state index in [2.05, 4.69) is 20.8 Å². The molecule has 0 unspecified atom stereocenters. The summed E-state index contributed by atoms with van der Waals surface area (Å²) in [5.41, 5.74) is -1.72. The first kappa shape index (κ1) is 25.6. The van der Waals surface area contributed by atoms with Crippen molar-refractivity contribution >= 4 is 20.3 Å². The molecule has 1 heterocycles. The Labute approximate surface area is 188 Å². The van der Waals surface area contributed by atoms with Gasteiger partial charge in [0.1, 0.15) is 11.6 Å². The molecule has 0 aromatic heterocycles. The van der Waals surface area contributed by atoms with Gasteiger partial charge in [-0.25, -0.2) is 9.69 Å². The molecule has 0 radical (unpaired) electrons. The van der Waals surface area contributed by atoms with Crippen molar-refractivity contribution in [1.29, 1.82) is 0 Å². The van der Waals surface area contributed by atoms with E-state index in [1.807, 2.05) is 57.3 Å². The van der Waals surface area contributed by atoms with Gasteiger partial charge < -0.3 is 14.3 Å². The number of aliphatic hydroxyl groups is 1. The standard InChI is InChI=1S/C24H39NO5Si/c1-16(2)19(26)24(8,30-31(9,10)22(3,4)5)20(27)25-18(17-14-12-11-13-15-17)23(6,7)29-21(25)28/h11-16,18-19,26H,1-10H3/t18-,19+,24-/m1/s1. The molecule has 3 atom stereocenters. The summed E-state index contributed by atoms with van der Waals surface area (Å²) in [4.78, 5) is 28.2. The van der Waals surface area contributed by atoms with E-state index in [9.17, 15) is 14.7 Å². The van der Waals surface area contributed by atoms with Gasteiger partial charge in [0.2, 0.25) is 0 Å². The lowest BCUT2D eigenvalue weighted by Gasteiger charge is -2.47. The lowest BCUT2D eigenvalue weighted by molar-refractivity contribution is -0.160. The Balaban J connectivity index is 2.60. The zero-order valence-electron chi connectivity index (χ0n) is 20.6. The Morgan fingerprint density at radius 2 is 1.68 bits per heavy atom. The number of ether oxygens (including phenoxy) is 1. The predicted molar refractivity (Wildman–Crippen MR) is 124 cm³/mol. The van der Waals surface area contributed by atoms with Crippen molar-refractivity contribution in [3.8, 4) is 0 Å². The van der Waals surface area contributed by atoms with E-state index in [4.69, 9.17) is 9.16 Å². The van der Waals surface area contributed by atoms with Gasteiger partial charge in [0.25, 0.3) is 5.91 Å². The van der Waals surface area contributed by atoms with Crippen LogP contribution in [-0.2, 0) is 14.0 Å². The Morgan fingerprint density at radius 1 is 1.16 bits per heavy atom. The summed E-state index contributed by atoms with van der Waals surface area (Å²) in [5, 5.41) is 11.0. The molecule has 2 rings (SSSR count). The van der Waals surface area contributed by atoms with Crippen LogP contribution in [0, 0.1) is 5.92 Å². The van der Waals surface area contributed by atoms with Gasteiger partial charge in [0, 0.05) is 0 Å². The second-order valence-corrected chi connectivity index (χ2v) is 15.8. The van der Waals surface area contributed by atoms with Gasteiger partial charge in [-0.1, -0.05) is 65.0 Å². The molecule has 1 aromatic carbocycles. The lowest BCUT2D eigenvalue weighted by Crippen LogP contribution is -2.63. The Bertz CT molecular complexity index is 815. The number of amides is 2. The van der Waals surface area contributed by atoms with E-state index in [1.165, 1.54) is 0 Å². The van der Waals surface area contributed by atoms with Crippen molar-refractivity contribution in [2.24, 2.45) is 5.92 Å². The maximum absolute atomic E-state index is 14.1. The van der Waals surface area contributed by atoms with Crippen LogP contribution in [-0.4, -0.2) is 47.6 Å². The lowest BCUT2D eigenvalue weighted by atomic mass is 9.86. The van der Waals surface area contributed by atoms with Crippen molar-refractivity contribution in [1.82, 2.24) is 4.90 Å². The van der Waals surface area contributed by atoms with E-state index in [1.54, 1.807) is 20.8 Å². The van der Waals surface area contributed by atoms with Crippen LogP contribution in [0.5, 0.6) is 0 Å². The molecule has 1 N–H and O–H groups in total.